The third-order valence-electron chi connectivity index (χ3n) is 3.15. The zero-order valence-electron chi connectivity index (χ0n) is 13.2. The molecule has 0 spiro atoms. The van der Waals surface area contributed by atoms with Crippen LogP contribution < -0.4 is 9.47 Å². The Hall–Kier alpha value is -0.140. The molecule has 25 heavy (non-hydrogen) atoms. The van der Waals surface area contributed by atoms with Crippen molar-refractivity contribution in [2.45, 2.75) is 19.5 Å². The molecular formula is C16H14Cl4O3S2. The van der Waals surface area contributed by atoms with Crippen LogP contribution in [-0.2, 0) is 3.63 Å². The molecule has 0 heterocycles. The van der Waals surface area contributed by atoms with E-state index in [0.717, 1.165) is 33.9 Å². The van der Waals surface area contributed by atoms with Gasteiger partial charge in [-0.2, -0.15) is 0 Å². The third kappa shape index (κ3) is 5.93. The maximum Gasteiger partial charge on any atom is 0.134 e. The topological polar surface area (TPSA) is 27.7 Å². The smallest absolute Gasteiger partial charge is 0.134 e. The molecule has 0 radical (unpaired) electrons. The number of benzene rings is 2. The van der Waals surface area contributed by atoms with Gasteiger partial charge in [0.2, 0.25) is 0 Å². The van der Waals surface area contributed by atoms with E-state index in [1.54, 1.807) is 26.4 Å². The maximum atomic E-state index is 6.02. The number of hydrogen-bond donors (Lipinski definition) is 0. The second-order valence-corrected chi connectivity index (χ2v) is 8.59. The predicted molar refractivity (Wildman–Crippen MR) is 108 cm³/mol. The van der Waals surface area contributed by atoms with Gasteiger partial charge in [-0.3, -0.25) is 0 Å². The predicted octanol–water partition coefficient (Wildman–Crippen LogP) is 7.39. The molecule has 2 aromatic rings. The maximum absolute atomic E-state index is 6.02. The summed E-state index contributed by atoms with van der Waals surface area (Å²) in [6, 6.07) is 10.8. The first-order valence-corrected chi connectivity index (χ1v) is 10.1. The van der Waals surface area contributed by atoms with Gasteiger partial charge in [0.15, 0.2) is 0 Å². The molecule has 2 rings (SSSR count). The molecule has 0 saturated carbocycles. The van der Waals surface area contributed by atoms with E-state index in [1.165, 1.54) is 0 Å². The highest BCUT2D eigenvalue weighted by atomic mass is 35.5. The van der Waals surface area contributed by atoms with Gasteiger partial charge in [0, 0.05) is 45.0 Å². The van der Waals surface area contributed by atoms with E-state index in [4.69, 9.17) is 59.5 Å². The van der Waals surface area contributed by atoms with Crippen molar-refractivity contribution in [2.75, 3.05) is 14.2 Å². The summed E-state index contributed by atoms with van der Waals surface area (Å²) in [4.78, 5) is 0.175. The lowest BCUT2D eigenvalue weighted by atomic mass is 10.2. The summed E-state index contributed by atoms with van der Waals surface area (Å²) >= 11 is 26.4. The van der Waals surface area contributed by atoms with Crippen LogP contribution in [0.4, 0.5) is 0 Å². The molecule has 3 nitrogen and oxygen atoms in total. The molecular weight excluding hydrogens is 446 g/mol. The minimum absolute atomic E-state index is 0.669. The first kappa shape index (κ1) is 21.2. The van der Waals surface area contributed by atoms with Crippen molar-refractivity contribution in [3.05, 3.63) is 47.5 Å². The van der Waals surface area contributed by atoms with E-state index >= 15 is 0 Å². The number of ether oxygens (including phenoxy) is 2. The monoisotopic (exact) mass is 458 g/mol. The fourth-order valence-electron chi connectivity index (χ4n) is 1.89. The number of hydrogen-bond acceptors (Lipinski definition) is 5. The first-order valence-electron chi connectivity index (χ1n) is 6.89. The van der Waals surface area contributed by atoms with Crippen molar-refractivity contribution in [1.29, 1.82) is 0 Å². The van der Waals surface area contributed by atoms with Crippen molar-refractivity contribution < 1.29 is 13.1 Å². The van der Waals surface area contributed by atoms with Crippen LogP contribution in [0.15, 0.2) is 46.2 Å². The Labute approximate surface area is 175 Å². The fourth-order valence-corrected chi connectivity index (χ4v) is 4.39. The van der Waals surface area contributed by atoms with Gasteiger partial charge >= 0.3 is 0 Å². The Morgan fingerprint density at radius 2 is 1.12 bits per heavy atom. The van der Waals surface area contributed by atoms with Crippen molar-refractivity contribution in [3.8, 4) is 11.5 Å². The molecule has 9 heteroatoms. The molecule has 0 aliphatic heterocycles. The highest BCUT2D eigenvalue weighted by molar-refractivity contribution is 8.08. The molecule has 0 aromatic heterocycles. The van der Waals surface area contributed by atoms with E-state index < -0.39 is 9.67 Å². The van der Waals surface area contributed by atoms with Gasteiger partial charge < -0.3 is 9.47 Å². The lowest BCUT2D eigenvalue weighted by Gasteiger charge is -2.13. The molecule has 0 saturated heterocycles. The molecule has 0 unspecified atom stereocenters. The quantitative estimate of drug-likeness (QED) is 0.303. The van der Waals surface area contributed by atoms with Gasteiger partial charge in [0.05, 0.1) is 14.2 Å². The fraction of sp³-hybridized carbons (Fsp3) is 0.250. The van der Waals surface area contributed by atoms with Crippen LogP contribution in [0.1, 0.15) is 20.8 Å². The summed E-state index contributed by atoms with van der Waals surface area (Å²) in [5.74, 6) is 1.34. The van der Waals surface area contributed by atoms with Gasteiger partial charge in [-0.05, 0) is 36.4 Å². The van der Waals surface area contributed by atoms with Crippen molar-refractivity contribution in [3.63, 3.8) is 0 Å². The van der Waals surface area contributed by atoms with E-state index in [9.17, 15) is 0 Å². The number of halogens is 4. The summed E-state index contributed by atoms with van der Waals surface area (Å²) in [7, 11) is 3.16. The lowest BCUT2D eigenvalue weighted by molar-refractivity contribution is 0.414. The zero-order chi connectivity index (χ0) is 18.4. The Morgan fingerprint density at radius 1 is 0.720 bits per heavy atom. The van der Waals surface area contributed by atoms with Crippen LogP contribution in [-0.4, -0.2) is 14.2 Å². The third-order valence-corrected chi connectivity index (χ3v) is 5.74. The van der Waals surface area contributed by atoms with Crippen molar-refractivity contribution in [1.82, 2.24) is 0 Å². The van der Waals surface area contributed by atoms with Crippen LogP contribution in [0.3, 0.4) is 0 Å². The number of alkyl halides is 4. The molecule has 0 atom stereocenters. The van der Waals surface area contributed by atoms with Crippen LogP contribution in [0.5, 0.6) is 11.5 Å². The number of rotatable bonds is 8. The summed E-state index contributed by atoms with van der Waals surface area (Å²) in [6.45, 7) is 0. The Kier molecular flexibility index (Phi) is 8.69. The second kappa shape index (κ2) is 10.3. The minimum Gasteiger partial charge on any atom is -0.497 e. The Morgan fingerprint density at radius 3 is 1.44 bits per heavy atom. The zero-order valence-corrected chi connectivity index (χ0v) is 17.8. The van der Waals surface area contributed by atoms with E-state index in [0.29, 0.717) is 22.6 Å². The van der Waals surface area contributed by atoms with Gasteiger partial charge in [0.25, 0.3) is 0 Å². The number of methoxy groups -OCH3 is 2. The summed E-state index contributed by atoms with van der Waals surface area (Å²) in [5.41, 5.74) is 1.41. The van der Waals surface area contributed by atoms with Crippen LogP contribution >= 0.6 is 70.5 Å². The highest BCUT2D eigenvalue weighted by Crippen LogP contribution is 2.42. The van der Waals surface area contributed by atoms with Crippen LogP contribution in [0.2, 0.25) is 0 Å². The van der Waals surface area contributed by atoms with Gasteiger partial charge in [0.1, 0.15) is 21.2 Å². The lowest BCUT2D eigenvalue weighted by Crippen LogP contribution is -1.91. The summed E-state index contributed by atoms with van der Waals surface area (Å²) in [6.07, 6.45) is 0. The molecule has 2 aromatic carbocycles. The second-order valence-electron chi connectivity index (χ2n) is 4.64. The largest absolute Gasteiger partial charge is 0.497 e. The average Bonchev–Trinajstić information content (AvgIpc) is 2.61. The standard InChI is InChI=1S/C16H14Cl4O3S2/c1-21-9-3-5-13(11(7-9)15(17)18)24-23-25-14-6-4-10(22-2)8-12(14)16(19)20/h3-8,15-16H,1-2H3. The minimum atomic E-state index is -0.696. The summed E-state index contributed by atoms with van der Waals surface area (Å²) in [5, 5.41) is 0. The van der Waals surface area contributed by atoms with Crippen molar-refractivity contribution in [2.24, 2.45) is 0 Å². The molecule has 0 bridgehead atoms. The Bertz CT molecular complexity index is 654. The van der Waals surface area contributed by atoms with Gasteiger partial charge in [-0.15, -0.1) is 46.4 Å². The molecule has 0 aliphatic carbocycles. The van der Waals surface area contributed by atoms with Crippen LogP contribution in [0.25, 0.3) is 0 Å². The van der Waals surface area contributed by atoms with Crippen LogP contribution in [0, 0.1) is 0 Å². The van der Waals surface area contributed by atoms with E-state index in [-0.39, 0.29) is 0 Å². The summed E-state index contributed by atoms with van der Waals surface area (Å²) < 4.78 is 16.0. The van der Waals surface area contributed by atoms with Crippen molar-refractivity contribution >= 4 is 70.5 Å². The first-order chi connectivity index (χ1) is 12.0. The normalized spacial score (nSPS) is 11.2. The van der Waals surface area contributed by atoms with E-state index in [1.807, 2.05) is 24.3 Å². The molecule has 0 aliphatic rings. The average molecular weight is 460 g/mol. The molecule has 0 fully saturated rings. The molecule has 0 amide bonds. The van der Waals surface area contributed by atoms with Gasteiger partial charge in [-0.25, -0.2) is 3.63 Å². The SMILES string of the molecule is COc1ccc(SOSc2ccc(OC)cc2C(Cl)Cl)c(C(Cl)Cl)c1. The van der Waals surface area contributed by atoms with E-state index in [2.05, 4.69) is 0 Å². The molecule has 0 N–H and O–H groups in total. The Balaban J connectivity index is 2.11. The molecule has 136 valence electrons. The highest BCUT2D eigenvalue weighted by Gasteiger charge is 2.15. The van der Waals surface area contributed by atoms with Gasteiger partial charge in [-0.1, -0.05) is 0 Å².